The van der Waals surface area contributed by atoms with E-state index >= 15 is 0 Å². The van der Waals surface area contributed by atoms with E-state index < -0.39 is 0 Å². The summed E-state index contributed by atoms with van der Waals surface area (Å²) in [4.78, 5) is 4.59. The summed E-state index contributed by atoms with van der Waals surface area (Å²) in [5.74, 6) is 0.815. The minimum Gasteiger partial charge on any atom is -0.361 e. The molecule has 0 unspecified atom stereocenters. The number of nitrogens with one attached hydrogen (secondary N) is 1. The second-order valence-electron chi connectivity index (χ2n) is 5.31. The first-order valence-corrected chi connectivity index (χ1v) is 7.58. The number of benzene rings is 1. The van der Waals surface area contributed by atoms with E-state index in [1.165, 1.54) is 29.5 Å². The van der Waals surface area contributed by atoms with Crippen molar-refractivity contribution in [2.24, 2.45) is 5.92 Å². The van der Waals surface area contributed by atoms with Crippen molar-refractivity contribution in [1.82, 2.24) is 4.98 Å². The molecule has 2 aromatic rings. The molecule has 0 saturated heterocycles. The van der Waals surface area contributed by atoms with Crippen LogP contribution in [0, 0.1) is 12.8 Å². The van der Waals surface area contributed by atoms with Crippen LogP contribution in [0.1, 0.15) is 38.7 Å². The first-order chi connectivity index (χ1) is 8.65. The van der Waals surface area contributed by atoms with E-state index in [0.29, 0.717) is 0 Å². The molecule has 0 saturated carbocycles. The van der Waals surface area contributed by atoms with E-state index in [4.69, 9.17) is 0 Å². The maximum Gasteiger partial charge on any atom is 0.183 e. The standard InChI is InChI=1S/C15H22N2S/c1-11(2)6-4-5-9-16-15-17-13-8-7-12(3)10-14(13)18-15/h7-8,10-11H,4-6,9H2,1-3H3,(H,16,17). The van der Waals surface area contributed by atoms with Gasteiger partial charge in [0.1, 0.15) is 0 Å². The second-order valence-corrected chi connectivity index (χ2v) is 6.34. The molecule has 98 valence electrons. The zero-order chi connectivity index (χ0) is 13.0. The summed E-state index contributed by atoms with van der Waals surface area (Å²) >= 11 is 1.75. The van der Waals surface area contributed by atoms with E-state index in [1.54, 1.807) is 11.3 Å². The molecule has 0 aliphatic carbocycles. The van der Waals surface area contributed by atoms with Gasteiger partial charge < -0.3 is 5.32 Å². The molecule has 1 aromatic heterocycles. The third-order valence-electron chi connectivity index (χ3n) is 3.03. The minimum atomic E-state index is 0.815. The van der Waals surface area contributed by atoms with E-state index in [2.05, 4.69) is 49.3 Å². The van der Waals surface area contributed by atoms with Gasteiger partial charge in [-0.25, -0.2) is 4.98 Å². The second kappa shape index (κ2) is 6.19. The van der Waals surface area contributed by atoms with Gasteiger partial charge in [-0.15, -0.1) is 0 Å². The largest absolute Gasteiger partial charge is 0.361 e. The van der Waals surface area contributed by atoms with Gasteiger partial charge in [0.05, 0.1) is 10.2 Å². The lowest BCUT2D eigenvalue weighted by molar-refractivity contribution is 0.545. The topological polar surface area (TPSA) is 24.9 Å². The molecular formula is C15H22N2S. The third kappa shape index (κ3) is 3.70. The summed E-state index contributed by atoms with van der Waals surface area (Å²) in [7, 11) is 0. The molecule has 0 bridgehead atoms. The Labute approximate surface area is 113 Å². The lowest BCUT2D eigenvalue weighted by Gasteiger charge is -2.04. The Morgan fingerprint density at radius 3 is 2.89 bits per heavy atom. The Morgan fingerprint density at radius 2 is 2.11 bits per heavy atom. The van der Waals surface area contributed by atoms with Crippen LogP contribution in [-0.4, -0.2) is 11.5 Å². The van der Waals surface area contributed by atoms with Crippen LogP contribution in [0.5, 0.6) is 0 Å². The van der Waals surface area contributed by atoms with Crippen molar-refractivity contribution in [3.05, 3.63) is 23.8 Å². The van der Waals surface area contributed by atoms with Crippen LogP contribution >= 0.6 is 11.3 Å². The van der Waals surface area contributed by atoms with Gasteiger partial charge in [0, 0.05) is 6.54 Å². The minimum absolute atomic E-state index is 0.815. The quantitative estimate of drug-likeness (QED) is 0.753. The highest BCUT2D eigenvalue weighted by Gasteiger charge is 2.03. The zero-order valence-corrected chi connectivity index (χ0v) is 12.3. The average Bonchev–Trinajstić information content (AvgIpc) is 2.70. The van der Waals surface area contributed by atoms with Crippen LogP contribution in [0.3, 0.4) is 0 Å². The highest BCUT2D eigenvalue weighted by molar-refractivity contribution is 7.22. The van der Waals surface area contributed by atoms with Gasteiger partial charge in [-0.3, -0.25) is 0 Å². The van der Waals surface area contributed by atoms with E-state index in [-0.39, 0.29) is 0 Å². The van der Waals surface area contributed by atoms with Crippen molar-refractivity contribution < 1.29 is 0 Å². The fraction of sp³-hybridized carbons (Fsp3) is 0.533. The van der Waals surface area contributed by atoms with Gasteiger partial charge in [-0.2, -0.15) is 0 Å². The zero-order valence-electron chi connectivity index (χ0n) is 11.5. The predicted molar refractivity (Wildman–Crippen MR) is 81.5 cm³/mol. The molecule has 18 heavy (non-hydrogen) atoms. The lowest BCUT2D eigenvalue weighted by Crippen LogP contribution is -2.01. The molecule has 2 rings (SSSR count). The van der Waals surface area contributed by atoms with Crippen LogP contribution in [0.2, 0.25) is 0 Å². The summed E-state index contributed by atoms with van der Waals surface area (Å²) in [5, 5.41) is 4.49. The van der Waals surface area contributed by atoms with Crippen LogP contribution in [-0.2, 0) is 0 Å². The van der Waals surface area contributed by atoms with Gasteiger partial charge in [-0.1, -0.05) is 44.1 Å². The molecule has 0 spiro atoms. The van der Waals surface area contributed by atoms with Crippen LogP contribution in [0.4, 0.5) is 5.13 Å². The monoisotopic (exact) mass is 262 g/mol. The number of rotatable bonds is 6. The van der Waals surface area contributed by atoms with Crippen molar-refractivity contribution in [2.45, 2.75) is 40.0 Å². The van der Waals surface area contributed by atoms with Crippen molar-refractivity contribution in [2.75, 3.05) is 11.9 Å². The van der Waals surface area contributed by atoms with E-state index in [1.807, 2.05) is 0 Å². The highest BCUT2D eigenvalue weighted by atomic mass is 32.1. The highest BCUT2D eigenvalue weighted by Crippen LogP contribution is 2.26. The predicted octanol–water partition coefficient (Wildman–Crippen LogP) is 4.84. The number of unbranched alkanes of at least 4 members (excludes halogenated alkanes) is 1. The van der Waals surface area contributed by atoms with Crippen molar-refractivity contribution >= 4 is 26.7 Å². The van der Waals surface area contributed by atoms with Gasteiger partial charge >= 0.3 is 0 Å². The van der Waals surface area contributed by atoms with Crippen molar-refractivity contribution in [3.63, 3.8) is 0 Å². The number of hydrogen-bond acceptors (Lipinski definition) is 3. The van der Waals surface area contributed by atoms with Gasteiger partial charge in [0.15, 0.2) is 5.13 Å². The molecule has 0 fully saturated rings. The summed E-state index contributed by atoms with van der Waals surface area (Å²) in [6, 6.07) is 6.43. The molecule has 2 nitrogen and oxygen atoms in total. The number of nitrogens with zero attached hydrogens (tertiary/aromatic N) is 1. The lowest BCUT2D eigenvalue weighted by atomic mass is 10.1. The molecule has 0 atom stereocenters. The first-order valence-electron chi connectivity index (χ1n) is 6.76. The maximum atomic E-state index is 4.59. The van der Waals surface area contributed by atoms with Gasteiger partial charge in [0.25, 0.3) is 0 Å². The maximum absolute atomic E-state index is 4.59. The number of hydrogen-bond donors (Lipinski definition) is 1. The van der Waals surface area contributed by atoms with Gasteiger partial charge in [0.2, 0.25) is 0 Å². The van der Waals surface area contributed by atoms with Gasteiger partial charge in [-0.05, 0) is 37.0 Å². The fourth-order valence-electron chi connectivity index (χ4n) is 1.98. The van der Waals surface area contributed by atoms with Crippen molar-refractivity contribution in [1.29, 1.82) is 0 Å². The summed E-state index contributed by atoms with van der Waals surface area (Å²) in [6.45, 7) is 7.72. The average molecular weight is 262 g/mol. The molecule has 0 amide bonds. The molecule has 1 N–H and O–H groups in total. The first kappa shape index (κ1) is 13.3. The van der Waals surface area contributed by atoms with Crippen LogP contribution in [0.15, 0.2) is 18.2 Å². The molecule has 1 heterocycles. The number of thiazole rings is 1. The molecule has 3 heteroatoms. The molecular weight excluding hydrogens is 240 g/mol. The third-order valence-corrected chi connectivity index (χ3v) is 4.00. The Balaban J connectivity index is 1.84. The molecule has 0 radical (unpaired) electrons. The Morgan fingerprint density at radius 1 is 1.28 bits per heavy atom. The Kier molecular flexibility index (Phi) is 4.59. The normalized spacial score (nSPS) is 11.3. The van der Waals surface area contributed by atoms with E-state index in [0.717, 1.165) is 23.1 Å². The molecule has 0 aliphatic rings. The van der Waals surface area contributed by atoms with Crippen molar-refractivity contribution in [3.8, 4) is 0 Å². The SMILES string of the molecule is Cc1ccc2nc(NCCCCC(C)C)sc2c1. The fourth-order valence-corrected chi connectivity index (χ4v) is 2.97. The summed E-state index contributed by atoms with van der Waals surface area (Å²) in [6.07, 6.45) is 3.85. The summed E-state index contributed by atoms with van der Waals surface area (Å²) in [5.41, 5.74) is 2.41. The molecule has 0 aliphatic heterocycles. The number of anilines is 1. The van der Waals surface area contributed by atoms with Crippen LogP contribution in [0.25, 0.3) is 10.2 Å². The smallest absolute Gasteiger partial charge is 0.183 e. The number of fused-ring (bicyclic) bond motifs is 1. The Bertz CT molecular complexity index is 502. The molecule has 1 aromatic carbocycles. The summed E-state index contributed by atoms with van der Waals surface area (Å²) < 4.78 is 1.28. The van der Waals surface area contributed by atoms with Crippen LogP contribution < -0.4 is 5.32 Å². The number of aromatic nitrogens is 1. The Hall–Kier alpha value is -1.09. The number of aryl methyl sites for hydroxylation is 1. The van der Waals surface area contributed by atoms with E-state index in [9.17, 15) is 0 Å².